The van der Waals surface area contributed by atoms with Gasteiger partial charge in [-0.15, -0.1) is 0 Å². The van der Waals surface area contributed by atoms with Gasteiger partial charge in [0.05, 0.1) is 32.3 Å². The van der Waals surface area contributed by atoms with Gasteiger partial charge < -0.3 is 18.9 Å². The van der Waals surface area contributed by atoms with Crippen molar-refractivity contribution >= 4 is 23.9 Å². The van der Waals surface area contributed by atoms with Crippen LogP contribution < -0.4 is 0 Å². The second-order valence-corrected chi connectivity index (χ2v) is 9.23. The van der Waals surface area contributed by atoms with Gasteiger partial charge in [0.1, 0.15) is 0 Å². The van der Waals surface area contributed by atoms with E-state index in [1.165, 1.54) is 0 Å². The zero-order valence-corrected chi connectivity index (χ0v) is 22.4. The fourth-order valence-corrected chi connectivity index (χ4v) is 3.17. The summed E-state index contributed by atoms with van der Waals surface area (Å²) in [5, 5.41) is 0. The van der Waals surface area contributed by atoms with Crippen molar-refractivity contribution < 1.29 is 38.1 Å². The largest absolute Gasteiger partial charge is 0.466 e. The van der Waals surface area contributed by atoms with E-state index in [-0.39, 0.29) is 42.8 Å². The summed E-state index contributed by atoms with van der Waals surface area (Å²) < 4.78 is 20.7. The van der Waals surface area contributed by atoms with Gasteiger partial charge in [0.15, 0.2) is 0 Å². The Morgan fingerprint density at radius 1 is 0.600 bits per heavy atom. The lowest BCUT2D eigenvalue weighted by Gasteiger charge is -2.14. The van der Waals surface area contributed by atoms with Crippen LogP contribution in [0.1, 0.15) is 111 Å². The summed E-state index contributed by atoms with van der Waals surface area (Å²) in [6.07, 6.45) is 9.17. The Labute approximate surface area is 211 Å². The number of esters is 4. The van der Waals surface area contributed by atoms with Gasteiger partial charge in [-0.2, -0.15) is 0 Å². The van der Waals surface area contributed by atoms with E-state index >= 15 is 0 Å². The average Bonchev–Trinajstić information content (AvgIpc) is 2.83. The molecule has 0 spiro atoms. The summed E-state index contributed by atoms with van der Waals surface area (Å²) in [6.45, 7) is 9.14. The summed E-state index contributed by atoms with van der Waals surface area (Å²) in [7, 11) is 0. The molecule has 1 unspecified atom stereocenters. The van der Waals surface area contributed by atoms with Crippen LogP contribution in [0, 0.1) is 11.8 Å². The van der Waals surface area contributed by atoms with Crippen LogP contribution in [0.5, 0.6) is 0 Å². The van der Waals surface area contributed by atoms with Gasteiger partial charge in [-0.1, -0.05) is 47.0 Å². The van der Waals surface area contributed by atoms with Gasteiger partial charge in [0.25, 0.3) is 0 Å². The molecule has 8 heteroatoms. The molecule has 35 heavy (non-hydrogen) atoms. The Kier molecular flexibility index (Phi) is 21.0. The Morgan fingerprint density at radius 2 is 1.11 bits per heavy atom. The molecule has 0 amide bonds. The molecule has 0 heterocycles. The molecule has 0 fully saturated rings. The molecule has 0 rings (SSSR count). The molecule has 0 bridgehead atoms. The minimum atomic E-state index is -0.310. The van der Waals surface area contributed by atoms with Gasteiger partial charge >= 0.3 is 23.9 Å². The Morgan fingerprint density at radius 3 is 1.69 bits per heavy atom. The molecule has 0 radical (unpaired) electrons. The van der Waals surface area contributed by atoms with Gasteiger partial charge in [-0.25, -0.2) is 0 Å². The van der Waals surface area contributed by atoms with E-state index in [9.17, 15) is 19.2 Å². The number of ether oxygens (including phenoxy) is 4. The van der Waals surface area contributed by atoms with Crippen LogP contribution in [-0.4, -0.2) is 50.3 Å². The highest BCUT2D eigenvalue weighted by molar-refractivity contribution is 5.72. The first-order chi connectivity index (χ1) is 16.8. The number of rotatable bonds is 22. The van der Waals surface area contributed by atoms with E-state index in [0.717, 1.165) is 32.1 Å². The van der Waals surface area contributed by atoms with Gasteiger partial charge in [-0.3, -0.25) is 19.2 Å². The van der Waals surface area contributed by atoms with Crippen molar-refractivity contribution in [2.45, 2.75) is 111 Å². The maximum atomic E-state index is 11.8. The van der Waals surface area contributed by atoms with E-state index in [1.807, 2.05) is 0 Å². The summed E-state index contributed by atoms with van der Waals surface area (Å²) >= 11 is 0. The zero-order chi connectivity index (χ0) is 26.3. The van der Waals surface area contributed by atoms with Crippen LogP contribution in [0.4, 0.5) is 0 Å². The predicted octanol–water partition coefficient (Wildman–Crippen LogP) is 5.54. The summed E-state index contributed by atoms with van der Waals surface area (Å²) in [5.74, 6) is -0.734. The fourth-order valence-electron chi connectivity index (χ4n) is 3.17. The van der Waals surface area contributed by atoms with Crippen LogP contribution in [-0.2, 0) is 38.1 Å². The third kappa shape index (κ3) is 20.9. The van der Waals surface area contributed by atoms with Crippen LogP contribution in [0.25, 0.3) is 0 Å². The fraction of sp³-hybridized carbons (Fsp3) is 0.852. The van der Waals surface area contributed by atoms with Crippen molar-refractivity contribution in [1.29, 1.82) is 0 Å². The van der Waals surface area contributed by atoms with Gasteiger partial charge in [0.2, 0.25) is 0 Å². The lowest BCUT2D eigenvalue weighted by Crippen LogP contribution is -2.14. The monoisotopic (exact) mass is 500 g/mol. The van der Waals surface area contributed by atoms with Crippen LogP contribution in [0.3, 0.4) is 0 Å². The van der Waals surface area contributed by atoms with E-state index in [2.05, 4.69) is 13.8 Å². The Bertz CT molecular complexity index is 588. The normalized spacial score (nSPS) is 11.7. The predicted molar refractivity (Wildman–Crippen MR) is 134 cm³/mol. The lowest BCUT2D eigenvalue weighted by atomic mass is 10.0. The lowest BCUT2D eigenvalue weighted by molar-refractivity contribution is -0.149. The number of hydrogen-bond acceptors (Lipinski definition) is 8. The minimum Gasteiger partial charge on any atom is -0.466 e. The van der Waals surface area contributed by atoms with Crippen molar-refractivity contribution in [3.05, 3.63) is 0 Å². The Balaban J connectivity index is 3.55. The molecule has 0 aromatic heterocycles. The van der Waals surface area contributed by atoms with E-state index in [1.54, 1.807) is 13.8 Å². The van der Waals surface area contributed by atoms with Crippen molar-refractivity contribution in [1.82, 2.24) is 0 Å². The molecule has 0 aliphatic carbocycles. The molecule has 0 aliphatic rings. The molecule has 0 aliphatic heterocycles. The molecule has 0 N–H and O–H groups in total. The summed E-state index contributed by atoms with van der Waals surface area (Å²) in [6, 6.07) is 0. The molecule has 204 valence electrons. The van der Waals surface area contributed by atoms with E-state index < -0.39 is 0 Å². The van der Waals surface area contributed by atoms with Gasteiger partial charge in [-0.05, 0) is 50.9 Å². The smallest absolute Gasteiger partial charge is 0.308 e. The molecule has 0 saturated heterocycles. The number of hydrogen-bond donors (Lipinski definition) is 0. The maximum absolute atomic E-state index is 11.8. The highest BCUT2D eigenvalue weighted by Crippen LogP contribution is 2.13. The third-order valence-corrected chi connectivity index (χ3v) is 5.59. The average molecular weight is 501 g/mol. The summed E-state index contributed by atoms with van der Waals surface area (Å²) in [5.41, 5.74) is 0. The molecular formula is C27H48O8. The number of unbranched alkanes of at least 4 members (excludes halogenated alkanes) is 4. The number of carbonyl (C=O) groups excluding carboxylic acids is 4. The first kappa shape index (κ1) is 32.9. The molecular weight excluding hydrogens is 452 g/mol. The molecule has 8 nitrogen and oxygen atoms in total. The van der Waals surface area contributed by atoms with Crippen molar-refractivity contribution in [2.24, 2.45) is 11.8 Å². The van der Waals surface area contributed by atoms with Crippen molar-refractivity contribution in [3.63, 3.8) is 0 Å². The molecule has 0 saturated carbocycles. The van der Waals surface area contributed by atoms with E-state index in [0.29, 0.717) is 70.7 Å². The molecule has 0 aromatic rings. The first-order valence-corrected chi connectivity index (χ1v) is 13.4. The Hall–Kier alpha value is -2.12. The second-order valence-electron chi connectivity index (χ2n) is 9.23. The standard InChI is InChI=1S/C27H48O8/c1-5-7-14-23(6-2)21-35-26(30)16-10-12-19-33-24(28)15-9-8-11-18-32-25(29)17-13-20-34-27(31)22(3)4/h22-23H,5-21H2,1-4H3. The van der Waals surface area contributed by atoms with Crippen LogP contribution in [0.15, 0.2) is 0 Å². The zero-order valence-electron chi connectivity index (χ0n) is 22.4. The summed E-state index contributed by atoms with van der Waals surface area (Å²) in [4.78, 5) is 46.6. The van der Waals surface area contributed by atoms with Gasteiger partial charge in [0, 0.05) is 19.3 Å². The maximum Gasteiger partial charge on any atom is 0.308 e. The molecule has 1 atom stereocenters. The SMILES string of the molecule is CCCCC(CC)COC(=O)CCCCOC(=O)CCCCCOC(=O)CCCOC(=O)C(C)C. The van der Waals surface area contributed by atoms with Crippen LogP contribution >= 0.6 is 0 Å². The van der Waals surface area contributed by atoms with E-state index in [4.69, 9.17) is 18.9 Å². The minimum absolute atomic E-state index is 0.173. The van der Waals surface area contributed by atoms with Crippen molar-refractivity contribution in [3.8, 4) is 0 Å². The van der Waals surface area contributed by atoms with Crippen LogP contribution in [0.2, 0.25) is 0 Å². The number of carbonyl (C=O) groups is 4. The topological polar surface area (TPSA) is 105 Å². The molecule has 0 aromatic carbocycles. The van der Waals surface area contributed by atoms with Crippen molar-refractivity contribution in [2.75, 3.05) is 26.4 Å². The highest BCUT2D eigenvalue weighted by atomic mass is 16.5. The second kappa shape index (κ2) is 22.4. The highest BCUT2D eigenvalue weighted by Gasteiger charge is 2.11. The first-order valence-electron chi connectivity index (χ1n) is 13.4. The quantitative estimate of drug-likeness (QED) is 0.108. The third-order valence-electron chi connectivity index (χ3n) is 5.59.